The first-order valence-electron chi connectivity index (χ1n) is 8.92. The van der Waals surface area contributed by atoms with Crippen LogP contribution in [0, 0.1) is 13.8 Å². The van der Waals surface area contributed by atoms with Crippen molar-refractivity contribution in [2.24, 2.45) is 0 Å². The van der Waals surface area contributed by atoms with E-state index in [0.29, 0.717) is 0 Å². The molecule has 0 N–H and O–H groups in total. The average Bonchev–Trinajstić information content (AvgIpc) is 3.05. The van der Waals surface area contributed by atoms with Crippen LogP contribution in [0.15, 0.2) is 53.7 Å². The van der Waals surface area contributed by atoms with Crippen LogP contribution in [0.3, 0.4) is 0 Å². The van der Waals surface area contributed by atoms with E-state index >= 15 is 0 Å². The Morgan fingerprint density at radius 2 is 1.88 bits per heavy atom. The van der Waals surface area contributed by atoms with Crippen molar-refractivity contribution in [3.8, 4) is 5.75 Å². The molecule has 3 aromatic rings. The van der Waals surface area contributed by atoms with Crippen LogP contribution >= 0.6 is 11.8 Å². The highest BCUT2D eigenvalue weighted by Gasteiger charge is 2.19. The lowest BCUT2D eigenvalue weighted by Gasteiger charge is -2.17. The van der Waals surface area contributed by atoms with Crippen LogP contribution in [0.1, 0.15) is 42.5 Å². The van der Waals surface area contributed by atoms with Crippen LogP contribution < -0.4 is 4.74 Å². The standard InChI is InChI=1S/C21H25N3OS/c1-5-24-20(17(4)25-19-12-7-6-10-16(19)3)22-23-21(24)26-14-18-11-8-9-15(2)13-18/h6-13,17H,5,14H2,1-4H3. The normalized spacial score (nSPS) is 12.2. The zero-order valence-electron chi connectivity index (χ0n) is 15.8. The third kappa shape index (κ3) is 4.28. The quantitative estimate of drug-likeness (QED) is 0.528. The SMILES string of the molecule is CCn1c(SCc2cccc(C)c2)nnc1C(C)Oc1ccccc1C. The van der Waals surface area contributed by atoms with Crippen LogP contribution in [-0.2, 0) is 12.3 Å². The summed E-state index contributed by atoms with van der Waals surface area (Å²) in [6, 6.07) is 16.6. The van der Waals surface area contributed by atoms with Gasteiger partial charge in [-0.25, -0.2) is 0 Å². The molecule has 0 radical (unpaired) electrons. The number of ether oxygens (including phenoxy) is 1. The Morgan fingerprint density at radius 3 is 2.62 bits per heavy atom. The van der Waals surface area contributed by atoms with Crippen molar-refractivity contribution >= 4 is 11.8 Å². The van der Waals surface area contributed by atoms with E-state index in [4.69, 9.17) is 4.74 Å². The van der Waals surface area contributed by atoms with E-state index in [2.05, 4.69) is 65.9 Å². The third-order valence-corrected chi connectivity index (χ3v) is 5.31. The van der Waals surface area contributed by atoms with E-state index in [0.717, 1.165) is 34.6 Å². The van der Waals surface area contributed by atoms with Crippen molar-refractivity contribution < 1.29 is 4.74 Å². The lowest BCUT2D eigenvalue weighted by Crippen LogP contribution is -2.12. The van der Waals surface area contributed by atoms with E-state index in [1.54, 1.807) is 11.8 Å². The van der Waals surface area contributed by atoms with E-state index in [1.807, 2.05) is 25.1 Å². The second-order valence-electron chi connectivity index (χ2n) is 6.39. The molecule has 0 saturated heterocycles. The molecule has 0 saturated carbocycles. The van der Waals surface area contributed by atoms with Crippen LogP contribution in [0.2, 0.25) is 0 Å². The van der Waals surface area contributed by atoms with E-state index in [-0.39, 0.29) is 6.10 Å². The Labute approximate surface area is 159 Å². The second-order valence-corrected chi connectivity index (χ2v) is 7.33. The summed E-state index contributed by atoms with van der Waals surface area (Å²) in [7, 11) is 0. The molecule has 4 nitrogen and oxygen atoms in total. The number of nitrogens with zero attached hydrogens (tertiary/aromatic N) is 3. The molecule has 0 bridgehead atoms. The van der Waals surface area contributed by atoms with Gasteiger partial charge in [-0.05, 0) is 44.9 Å². The largest absolute Gasteiger partial charge is 0.482 e. The lowest BCUT2D eigenvalue weighted by molar-refractivity contribution is 0.208. The zero-order chi connectivity index (χ0) is 18.5. The number of hydrogen-bond donors (Lipinski definition) is 0. The minimum absolute atomic E-state index is 0.156. The van der Waals surface area contributed by atoms with Gasteiger partial charge in [0.2, 0.25) is 0 Å². The maximum atomic E-state index is 6.13. The fraction of sp³-hybridized carbons (Fsp3) is 0.333. The Hall–Kier alpha value is -2.27. The van der Waals surface area contributed by atoms with Crippen molar-refractivity contribution in [1.82, 2.24) is 14.8 Å². The van der Waals surface area contributed by atoms with Gasteiger partial charge in [0.05, 0.1) is 0 Å². The lowest BCUT2D eigenvalue weighted by atomic mass is 10.2. The molecule has 0 aliphatic heterocycles. The van der Waals surface area contributed by atoms with Crippen LogP contribution in [-0.4, -0.2) is 14.8 Å². The third-order valence-electron chi connectivity index (χ3n) is 4.27. The van der Waals surface area contributed by atoms with E-state index in [9.17, 15) is 0 Å². The van der Waals surface area contributed by atoms with Gasteiger partial charge in [0.25, 0.3) is 0 Å². The summed E-state index contributed by atoms with van der Waals surface area (Å²) < 4.78 is 8.28. The smallest absolute Gasteiger partial charge is 0.191 e. The van der Waals surface area contributed by atoms with Gasteiger partial charge in [-0.2, -0.15) is 0 Å². The monoisotopic (exact) mass is 367 g/mol. The first-order chi connectivity index (χ1) is 12.6. The Kier molecular flexibility index (Phi) is 5.99. The number of benzene rings is 2. The first-order valence-corrected chi connectivity index (χ1v) is 9.90. The van der Waals surface area contributed by atoms with Gasteiger partial charge in [0.15, 0.2) is 17.1 Å². The Bertz CT molecular complexity index is 875. The molecule has 1 atom stereocenters. The summed E-state index contributed by atoms with van der Waals surface area (Å²) in [5.41, 5.74) is 3.70. The molecule has 0 amide bonds. The molecule has 1 aromatic heterocycles. The van der Waals surface area contributed by atoms with Crippen molar-refractivity contribution in [3.63, 3.8) is 0 Å². The molecular weight excluding hydrogens is 342 g/mol. The summed E-state index contributed by atoms with van der Waals surface area (Å²) >= 11 is 1.71. The number of rotatable bonds is 7. The van der Waals surface area contributed by atoms with Gasteiger partial charge < -0.3 is 9.30 Å². The maximum Gasteiger partial charge on any atom is 0.191 e. The van der Waals surface area contributed by atoms with Gasteiger partial charge >= 0.3 is 0 Å². The molecular formula is C21H25N3OS. The van der Waals surface area contributed by atoms with Crippen LogP contribution in [0.4, 0.5) is 0 Å². The molecule has 26 heavy (non-hydrogen) atoms. The highest BCUT2D eigenvalue weighted by Crippen LogP contribution is 2.27. The molecule has 2 aromatic carbocycles. The summed E-state index contributed by atoms with van der Waals surface area (Å²) in [5.74, 6) is 2.63. The number of para-hydroxylation sites is 1. The predicted octanol–water partition coefficient (Wildman–Crippen LogP) is 5.35. The summed E-state index contributed by atoms with van der Waals surface area (Å²) in [4.78, 5) is 0. The first kappa shape index (κ1) is 18.5. The molecule has 1 heterocycles. The number of hydrogen-bond acceptors (Lipinski definition) is 4. The van der Waals surface area contributed by atoms with Crippen molar-refractivity contribution in [3.05, 3.63) is 71.0 Å². The molecule has 5 heteroatoms. The molecule has 1 unspecified atom stereocenters. The van der Waals surface area contributed by atoms with E-state index < -0.39 is 0 Å². The van der Waals surface area contributed by atoms with Gasteiger partial charge in [-0.15, -0.1) is 10.2 Å². The van der Waals surface area contributed by atoms with Crippen LogP contribution in [0.5, 0.6) is 5.75 Å². The molecule has 136 valence electrons. The van der Waals surface area contributed by atoms with Gasteiger partial charge in [0, 0.05) is 12.3 Å². The molecule has 0 aliphatic carbocycles. The summed E-state index contributed by atoms with van der Waals surface area (Å²) in [6.45, 7) is 9.13. The second kappa shape index (κ2) is 8.41. The fourth-order valence-electron chi connectivity index (χ4n) is 2.89. The summed E-state index contributed by atoms with van der Waals surface area (Å²) in [6.07, 6.45) is -0.156. The highest BCUT2D eigenvalue weighted by atomic mass is 32.2. The number of thioether (sulfide) groups is 1. The topological polar surface area (TPSA) is 39.9 Å². The molecule has 0 spiro atoms. The molecule has 0 aliphatic rings. The summed E-state index contributed by atoms with van der Waals surface area (Å²) in [5, 5.41) is 9.75. The highest BCUT2D eigenvalue weighted by molar-refractivity contribution is 7.98. The average molecular weight is 368 g/mol. The van der Waals surface area contributed by atoms with Crippen molar-refractivity contribution in [2.75, 3.05) is 0 Å². The van der Waals surface area contributed by atoms with Gasteiger partial charge in [-0.1, -0.05) is 59.8 Å². The Balaban J connectivity index is 1.74. The Morgan fingerprint density at radius 1 is 1.08 bits per heavy atom. The fourth-order valence-corrected chi connectivity index (χ4v) is 3.84. The molecule has 3 rings (SSSR count). The van der Waals surface area contributed by atoms with Gasteiger partial charge in [-0.3, -0.25) is 0 Å². The molecule has 0 fully saturated rings. The van der Waals surface area contributed by atoms with Crippen molar-refractivity contribution in [1.29, 1.82) is 0 Å². The zero-order valence-corrected chi connectivity index (χ0v) is 16.6. The van der Waals surface area contributed by atoms with Crippen molar-refractivity contribution in [2.45, 2.75) is 51.3 Å². The number of aryl methyl sites for hydroxylation is 2. The predicted molar refractivity (Wildman–Crippen MR) is 107 cm³/mol. The minimum atomic E-state index is -0.156. The minimum Gasteiger partial charge on any atom is -0.482 e. The van der Waals surface area contributed by atoms with E-state index in [1.165, 1.54) is 11.1 Å². The van der Waals surface area contributed by atoms with Crippen LogP contribution in [0.25, 0.3) is 0 Å². The number of aromatic nitrogens is 3. The van der Waals surface area contributed by atoms with Gasteiger partial charge in [0.1, 0.15) is 5.75 Å². The maximum absolute atomic E-state index is 6.13.